The second kappa shape index (κ2) is 1.82. The van der Waals surface area contributed by atoms with Crippen LogP contribution in [-0.2, 0) is 4.79 Å². The molecule has 0 unspecified atom stereocenters. The van der Waals surface area contributed by atoms with Crippen molar-refractivity contribution >= 4 is 17.4 Å². The number of hydrogen-bond acceptors (Lipinski definition) is 1. The third-order valence-electron chi connectivity index (χ3n) is 3.71. The van der Waals surface area contributed by atoms with E-state index in [1.165, 1.54) is 0 Å². The van der Waals surface area contributed by atoms with Gasteiger partial charge in [-0.1, -0.05) is 27.7 Å². The van der Waals surface area contributed by atoms with E-state index >= 15 is 0 Å². The molecule has 1 aliphatic rings. The summed E-state index contributed by atoms with van der Waals surface area (Å²) < 4.78 is 0. The van der Waals surface area contributed by atoms with Gasteiger partial charge in [-0.3, -0.25) is 4.79 Å². The van der Waals surface area contributed by atoms with Gasteiger partial charge in [0.1, 0.15) is 4.87 Å². The lowest BCUT2D eigenvalue weighted by atomic mass is 10.0. The van der Waals surface area contributed by atoms with Gasteiger partial charge in [0.15, 0.2) is 5.78 Å². The molecule has 1 fully saturated rings. The van der Waals surface area contributed by atoms with Crippen LogP contribution in [-0.4, -0.2) is 10.7 Å². The Morgan fingerprint density at radius 3 is 1.36 bits per heavy atom. The summed E-state index contributed by atoms with van der Waals surface area (Å²) in [6, 6.07) is 0. The average Bonchev–Trinajstić information content (AvgIpc) is 2.11. The molecule has 0 saturated heterocycles. The zero-order valence-electron chi connectivity index (χ0n) is 7.79. The van der Waals surface area contributed by atoms with Gasteiger partial charge < -0.3 is 0 Å². The molecule has 0 atom stereocenters. The predicted octanol–water partition coefficient (Wildman–Crippen LogP) is 2.62. The van der Waals surface area contributed by atoms with Gasteiger partial charge in [0, 0.05) is 0 Å². The fraction of sp³-hybridized carbons (Fsp3) is 0.889. The Hall–Kier alpha value is -0.0400. The number of ketones is 1. The topological polar surface area (TPSA) is 17.1 Å². The van der Waals surface area contributed by atoms with E-state index in [0.29, 0.717) is 0 Å². The zero-order valence-corrected chi connectivity index (χ0v) is 8.54. The number of hydrogen-bond donors (Lipinski definition) is 0. The molecule has 0 spiro atoms. The van der Waals surface area contributed by atoms with E-state index in [1.807, 2.05) is 27.7 Å². The van der Waals surface area contributed by atoms with Crippen LogP contribution < -0.4 is 0 Å². The van der Waals surface area contributed by atoms with Crippen molar-refractivity contribution in [1.29, 1.82) is 0 Å². The Kier molecular flexibility index (Phi) is 1.50. The van der Waals surface area contributed by atoms with Crippen LogP contribution in [0.2, 0.25) is 0 Å². The van der Waals surface area contributed by atoms with Gasteiger partial charge in [-0.15, -0.1) is 11.6 Å². The fourth-order valence-electron chi connectivity index (χ4n) is 2.12. The number of rotatable bonds is 1. The quantitative estimate of drug-likeness (QED) is 0.559. The molecule has 0 aromatic rings. The first kappa shape index (κ1) is 9.05. The zero-order chi connectivity index (χ0) is 9.08. The highest BCUT2D eigenvalue weighted by molar-refractivity contribution is 6.39. The first-order valence-corrected chi connectivity index (χ1v) is 4.27. The molecule has 2 heteroatoms. The molecular formula is C9H15ClO. The maximum absolute atomic E-state index is 11.2. The summed E-state index contributed by atoms with van der Waals surface area (Å²) >= 11 is 6.21. The van der Waals surface area contributed by atoms with Crippen LogP contribution in [0.5, 0.6) is 0 Å². The van der Waals surface area contributed by atoms with Gasteiger partial charge in [0.25, 0.3) is 0 Å². The highest BCUT2D eigenvalue weighted by Gasteiger charge is 2.79. The third-order valence-corrected chi connectivity index (χ3v) is 4.92. The average molecular weight is 175 g/mol. The molecule has 64 valence electrons. The third kappa shape index (κ3) is 0.658. The maximum Gasteiger partial charge on any atom is 0.151 e. The van der Waals surface area contributed by atoms with Gasteiger partial charge in [-0.05, 0) is 17.8 Å². The van der Waals surface area contributed by atoms with Crippen molar-refractivity contribution in [1.82, 2.24) is 0 Å². The van der Waals surface area contributed by atoms with Crippen LogP contribution >= 0.6 is 11.6 Å². The minimum Gasteiger partial charge on any atom is -0.298 e. The largest absolute Gasteiger partial charge is 0.298 e. The van der Waals surface area contributed by atoms with Crippen molar-refractivity contribution in [2.45, 2.75) is 39.5 Å². The smallest absolute Gasteiger partial charge is 0.151 e. The lowest BCUT2D eigenvalue weighted by Crippen LogP contribution is -2.20. The molecule has 1 aliphatic carbocycles. The van der Waals surface area contributed by atoms with Gasteiger partial charge >= 0.3 is 0 Å². The summed E-state index contributed by atoms with van der Waals surface area (Å²) in [7, 11) is 0. The van der Waals surface area contributed by atoms with Crippen LogP contribution in [0.4, 0.5) is 0 Å². The summed E-state index contributed by atoms with van der Waals surface area (Å²) in [6.45, 7) is 9.75. The van der Waals surface area contributed by atoms with E-state index in [2.05, 4.69) is 0 Å². The van der Waals surface area contributed by atoms with Gasteiger partial charge in [0.2, 0.25) is 0 Å². The van der Waals surface area contributed by atoms with Crippen LogP contribution in [0.25, 0.3) is 0 Å². The van der Waals surface area contributed by atoms with Gasteiger partial charge in [-0.25, -0.2) is 0 Å². The summed E-state index contributed by atoms with van der Waals surface area (Å²) in [5.74, 6) is 0.0918. The molecule has 0 aliphatic heterocycles. The molecule has 11 heavy (non-hydrogen) atoms. The fourth-order valence-corrected chi connectivity index (χ4v) is 2.55. The number of Topliss-reactive ketones (excluding diaryl/α,β-unsaturated/α-hetero) is 1. The van der Waals surface area contributed by atoms with Crippen molar-refractivity contribution in [2.24, 2.45) is 10.8 Å². The van der Waals surface area contributed by atoms with Crippen molar-refractivity contribution in [3.8, 4) is 0 Å². The summed E-state index contributed by atoms with van der Waals surface area (Å²) in [4.78, 5) is 10.6. The SMILES string of the molecule is CC(=O)C1(Cl)C(C)(C)C1(C)C. The van der Waals surface area contributed by atoms with E-state index in [9.17, 15) is 4.79 Å². The van der Waals surface area contributed by atoms with E-state index in [-0.39, 0.29) is 16.6 Å². The summed E-state index contributed by atoms with van der Waals surface area (Å²) in [6.07, 6.45) is 0. The second-order valence-corrected chi connectivity index (χ2v) is 5.03. The first-order chi connectivity index (χ1) is 4.69. The van der Waals surface area contributed by atoms with Crippen molar-refractivity contribution in [2.75, 3.05) is 0 Å². The molecule has 0 aromatic heterocycles. The number of carbonyl (C=O) groups is 1. The Morgan fingerprint density at radius 1 is 1.09 bits per heavy atom. The molecule has 0 radical (unpaired) electrons. The van der Waals surface area contributed by atoms with Crippen LogP contribution in [0, 0.1) is 10.8 Å². The molecule has 1 nitrogen and oxygen atoms in total. The lowest BCUT2D eigenvalue weighted by Gasteiger charge is -2.06. The van der Waals surface area contributed by atoms with Crippen LogP contribution in [0.1, 0.15) is 34.6 Å². The molecule has 0 bridgehead atoms. The second-order valence-electron chi connectivity index (χ2n) is 4.46. The lowest BCUT2D eigenvalue weighted by molar-refractivity contribution is -0.118. The van der Waals surface area contributed by atoms with Crippen LogP contribution in [0.3, 0.4) is 0 Å². The Labute approximate surface area is 73.1 Å². The molecule has 1 saturated carbocycles. The molecule has 0 aromatic carbocycles. The molecule has 1 rings (SSSR count). The number of alkyl halides is 1. The Morgan fingerprint density at radius 2 is 1.36 bits per heavy atom. The summed E-state index contributed by atoms with van der Waals surface area (Å²) in [5.41, 5.74) is -0.124. The van der Waals surface area contributed by atoms with E-state index in [1.54, 1.807) is 6.92 Å². The van der Waals surface area contributed by atoms with Gasteiger partial charge in [-0.2, -0.15) is 0 Å². The van der Waals surface area contributed by atoms with E-state index < -0.39 is 4.87 Å². The normalized spacial score (nSPS) is 29.6. The minimum atomic E-state index is -0.625. The number of carbonyl (C=O) groups excluding carboxylic acids is 1. The standard InChI is InChI=1S/C9H15ClO/c1-6(11)9(10)7(2,3)8(9,4)5/h1-5H3. The van der Waals surface area contributed by atoms with Crippen molar-refractivity contribution < 1.29 is 4.79 Å². The molecular weight excluding hydrogens is 160 g/mol. The van der Waals surface area contributed by atoms with E-state index in [0.717, 1.165) is 0 Å². The highest BCUT2D eigenvalue weighted by Crippen LogP contribution is 2.75. The highest BCUT2D eigenvalue weighted by atomic mass is 35.5. The van der Waals surface area contributed by atoms with E-state index in [4.69, 9.17) is 11.6 Å². The predicted molar refractivity (Wildman–Crippen MR) is 46.8 cm³/mol. The van der Waals surface area contributed by atoms with Crippen molar-refractivity contribution in [3.63, 3.8) is 0 Å². The molecule has 0 amide bonds. The first-order valence-electron chi connectivity index (χ1n) is 3.89. The molecule has 0 heterocycles. The summed E-state index contributed by atoms with van der Waals surface area (Å²) in [5, 5.41) is 0. The minimum absolute atomic E-state index is 0.0621. The van der Waals surface area contributed by atoms with Crippen LogP contribution in [0.15, 0.2) is 0 Å². The van der Waals surface area contributed by atoms with Crippen molar-refractivity contribution in [3.05, 3.63) is 0 Å². The van der Waals surface area contributed by atoms with Gasteiger partial charge in [0.05, 0.1) is 0 Å². The monoisotopic (exact) mass is 174 g/mol. The Bertz CT molecular complexity index is 202. The number of halogens is 1. The Balaban J connectivity index is 3.06. The maximum atomic E-state index is 11.2. The molecule has 0 N–H and O–H groups in total.